The number of carbonyl (C=O) groups excluding carboxylic acids is 1. The summed E-state index contributed by atoms with van der Waals surface area (Å²) >= 11 is 0. The van der Waals surface area contributed by atoms with E-state index in [1.54, 1.807) is 11.0 Å². The van der Waals surface area contributed by atoms with Gasteiger partial charge in [0.15, 0.2) is 6.61 Å². The molecule has 0 saturated carbocycles. The molecule has 3 aromatic rings. The molecule has 0 aromatic heterocycles. The summed E-state index contributed by atoms with van der Waals surface area (Å²) in [4.78, 5) is 16.1. The molecular formula is C26H26F3N3O4S. The number of sulfonamides is 1. The van der Waals surface area contributed by atoms with Crippen LogP contribution in [0.4, 0.5) is 18.9 Å². The second kappa shape index (κ2) is 11.2. The molecule has 0 unspecified atom stereocenters. The van der Waals surface area contributed by atoms with Crippen LogP contribution < -0.4 is 14.4 Å². The molecule has 0 atom stereocenters. The number of halogens is 3. The van der Waals surface area contributed by atoms with Crippen LogP contribution in [0.5, 0.6) is 5.75 Å². The molecule has 1 aliphatic heterocycles. The van der Waals surface area contributed by atoms with Gasteiger partial charge in [-0.15, -0.1) is 0 Å². The fourth-order valence-electron chi connectivity index (χ4n) is 3.90. The largest absolute Gasteiger partial charge is 0.484 e. The van der Waals surface area contributed by atoms with Crippen LogP contribution >= 0.6 is 0 Å². The maximum absolute atomic E-state index is 13.0. The highest BCUT2D eigenvalue weighted by Gasteiger charge is 2.31. The first kappa shape index (κ1) is 26.5. The van der Waals surface area contributed by atoms with Gasteiger partial charge in [-0.1, -0.05) is 36.4 Å². The standard InChI is InChI=1S/C26H26F3N3O4S/c27-26(28,29)21-7-4-8-22(17-21)31-13-15-32(16-14-31)25(33)19-36-23-9-11-24(12-10-23)37(34,35)30-18-20-5-2-1-3-6-20/h1-12,17,30H,13-16,18-19H2. The zero-order chi connectivity index (χ0) is 26.5. The lowest BCUT2D eigenvalue weighted by Crippen LogP contribution is -2.50. The van der Waals surface area contributed by atoms with E-state index in [0.717, 1.165) is 17.7 Å². The van der Waals surface area contributed by atoms with E-state index in [9.17, 15) is 26.4 Å². The maximum atomic E-state index is 13.0. The molecule has 1 heterocycles. The number of ether oxygens (including phenoxy) is 1. The van der Waals surface area contributed by atoms with Gasteiger partial charge in [0.25, 0.3) is 5.91 Å². The van der Waals surface area contributed by atoms with Crippen molar-refractivity contribution in [3.8, 4) is 5.75 Å². The second-order valence-electron chi connectivity index (χ2n) is 8.49. The molecule has 4 rings (SSSR count). The summed E-state index contributed by atoms with van der Waals surface area (Å²) in [6, 6.07) is 20.1. The van der Waals surface area contributed by atoms with E-state index in [2.05, 4.69) is 4.72 Å². The van der Waals surface area contributed by atoms with E-state index >= 15 is 0 Å². The Bertz CT molecular complexity index is 1310. The van der Waals surface area contributed by atoms with Gasteiger partial charge >= 0.3 is 6.18 Å². The third kappa shape index (κ3) is 7.01. The minimum atomic E-state index is -4.41. The molecule has 0 bridgehead atoms. The Morgan fingerprint density at radius 2 is 1.57 bits per heavy atom. The van der Waals surface area contributed by atoms with E-state index in [1.165, 1.54) is 30.3 Å². The topological polar surface area (TPSA) is 78.9 Å². The van der Waals surface area contributed by atoms with Crippen LogP contribution in [0.3, 0.4) is 0 Å². The van der Waals surface area contributed by atoms with E-state index in [4.69, 9.17) is 4.74 Å². The van der Waals surface area contributed by atoms with E-state index < -0.39 is 21.8 Å². The van der Waals surface area contributed by atoms with Gasteiger partial charge < -0.3 is 14.5 Å². The Hall–Kier alpha value is -3.57. The molecule has 1 amide bonds. The minimum absolute atomic E-state index is 0.0767. The first-order valence-electron chi connectivity index (χ1n) is 11.6. The average molecular weight is 534 g/mol. The van der Waals surface area contributed by atoms with Crippen molar-refractivity contribution in [3.05, 3.63) is 90.0 Å². The van der Waals surface area contributed by atoms with Gasteiger partial charge in [-0.05, 0) is 48.0 Å². The predicted molar refractivity (Wildman–Crippen MR) is 133 cm³/mol. The Morgan fingerprint density at radius 3 is 2.22 bits per heavy atom. The van der Waals surface area contributed by atoms with Crippen LogP contribution in [0.15, 0.2) is 83.8 Å². The van der Waals surface area contributed by atoms with E-state index in [0.29, 0.717) is 37.6 Å². The summed E-state index contributed by atoms with van der Waals surface area (Å²) in [6.45, 7) is 1.43. The lowest BCUT2D eigenvalue weighted by Gasteiger charge is -2.36. The zero-order valence-electron chi connectivity index (χ0n) is 19.8. The highest BCUT2D eigenvalue weighted by molar-refractivity contribution is 7.89. The van der Waals surface area contributed by atoms with Crippen molar-refractivity contribution in [2.75, 3.05) is 37.7 Å². The van der Waals surface area contributed by atoms with Crippen molar-refractivity contribution in [1.29, 1.82) is 0 Å². The molecule has 1 N–H and O–H groups in total. The number of hydrogen-bond acceptors (Lipinski definition) is 5. The molecular weight excluding hydrogens is 507 g/mol. The van der Waals surface area contributed by atoms with Gasteiger partial charge in [0.1, 0.15) is 5.75 Å². The van der Waals surface area contributed by atoms with Crippen molar-refractivity contribution in [3.63, 3.8) is 0 Å². The van der Waals surface area contributed by atoms with E-state index in [1.807, 2.05) is 35.2 Å². The van der Waals surface area contributed by atoms with Gasteiger partial charge in [0.2, 0.25) is 10.0 Å². The molecule has 196 valence electrons. The van der Waals surface area contributed by atoms with Crippen LogP contribution in [-0.2, 0) is 27.5 Å². The van der Waals surface area contributed by atoms with Crippen molar-refractivity contribution in [2.24, 2.45) is 0 Å². The Balaban J connectivity index is 1.25. The van der Waals surface area contributed by atoms with Gasteiger partial charge in [-0.2, -0.15) is 13.2 Å². The summed E-state index contributed by atoms with van der Waals surface area (Å²) in [5, 5.41) is 0. The van der Waals surface area contributed by atoms with Crippen LogP contribution in [0.2, 0.25) is 0 Å². The summed E-state index contributed by atoms with van der Waals surface area (Å²) in [5.74, 6) is 0.0860. The number of amides is 1. The third-order valence-corrected chi connectivity index (χ3v) is 7.39. The van der Waals surface area contributed by atoms with Crippen molar-refractivity contribution in [2.45, 2.75) is 17.6 Å². The SMILES string of the molecule is O=C(COc1ccc(S(=O)(=O)NCc2ccccc2)cc1)N1CCN(c2cccc(C(F)(F)F)c2)CC1. The number of carbonyl (C=O) groups is 1. The fraction of sp³-hybridized carbons (Fsp3) is 0.269. The van der Waals surface area contributed by atoms with Crippen LogP contribution in [0.25, 0.3) is 0 Å². The maximum Gasteiger partial charge on any atom is 0.416 e. The zero-order valence-corrected chi connectivity index (χ0v) is 20.6. The smallest absolute Gasteiger partial charge is 0.416 e. The van der Waals surface area contributed by atoms with Crippen molar-refractivity contribution < 1.29 is 31.1 Å². The number of rotatable bonds is 8. The monoisotopic (exact) mass is 533 g/mol. The van der Waals surface area contributed by atoms with Gasteiger partial charge in [0.05, 0.1) is 10.5 Å². The lowest BCUT2D eigenvalue weighted by atomic mass is 10.1. The Morgan fingerprint density at radius 1 is 0.892 bits per heavy atom. The number of piperazine rings is 1. The van der Waals surface area contributed by atoms with Gasteiger partial charge in [0, 0.05) is 38.4 Å². The molecule has 1 saturated heterocycles. The molecule has 7 nitrogen and oxygen atoms in total. The number of nitrogens with zero attached hydrogens (tertiary/aromatic N) is 2. The van der Waals surface area contributed by atoms with E-state index in [-0.39, 0.29) is 24.0 Å². The second-order valence-corrected chi connectivity index (χ2v) is 10.3. The average Bonchev–Trinajstić information content (AvgIpc) is 2.91. The number of alkyl halides is 3. The number of anilines is 1. The molecule has 0 aliphatic carbocycles. The Labute approximate surface area is 213 Å². The van der Waals surface area contributed by atoms with Crippen molar-refractivity contribution in [1.82, 2.24) is 9.62 Å². The molecule has 1 fully saturated rings. The molecule has 0 spiro atoms. The normalized spacial score (nSPS) is 14.5. The molecule has 0 radical (unpaired) electrons. The first-order chi connectivity index (χ1) is 17.6. The molecule has 3 aromatic carbocycles. The molecule has 1 aliphatic rings. The van der Waals surface area contributed by atoms with Crippen LogP contribution in [-0.4, -0.2) is 52.0 Å². The molecule has 11 heteroatoms. The van der Waals surface area contributed by atoms with Crippen LogP contribution in [0, 0.1) is 0 Å². The number of nitrogens with one attached hydrogen (secondary N) is 1. The molecule has 37 heavy (non-hydrogen) atoms. The Kier molecular flexibility index (Phi) is 8.03. The first-order valence-corrected chi connectivity index (χ1v) is 13.1. The summed E-state index contributed by atoms with van der Waals surface area (Å²) < 4.78 is 72.1. The van der Waals surface area contributed by atoms with Crippen molar-refractivity contribution >= 4 is 21.6 Å². The highest BCUT2D eigenvalue weighted by Crippen LogP contribution is 2.32. The summed E-state index contributed by atoms with van der Waals surface area (Å²) in [6.07, 6.45) is -4.41. The number of benzene rings is 3. The minimum Gasteiger partial charge on any atom is -0.484 e. The highest BCUT2D eigenvalue weighted by atomic mass is 32.2. The predicted octanol–water partition coefficient (Wildman–Crippen LogP) is 3.91. The van der Waals surface area contributed by atoms with Gasteiger partial charge in [-0.25, -0.2) is 13.1 Å². The van der Waals surface area contributed by atoms with Gasteiger partial charge in [-0.3, -0.25) is 4.79 Å². The third-order valence-electron chi connectivity index (χ3n) is 5.98. The number of hydrogen-bond donors (Lipinski definition) is 1. The lowest BCUT2D eigenvalue weighted by molar-refractivity contribution is -0.137. The van der Waals surface area contributed by atoms with Crippen LogP contribution in [0.1, 0.15) is 11.1 Å². The quantitative estimate of drug-likeness (QED) is 0.475. The summed E-state index contributed by atoms with van der Waals surface area (Å²) in [5.41, 5.74) is 0.592. The summed E-state index contributed by atoms with van der Waals surface area (Å²) in [7, 11) is -3.71. The fourth-order valence-corrected chi connectivity index (χ4v) is 4.92.